The monoisotopic (exact) mass is 526 g/mol. The van der Waals surface area contributed by atoms with Gasteiger partial charge in [-0.05, 0) is 49.2 Å². The number of aryl methyl sites for hydroxylation is 1. The molecule has 2 aromatic carbocycles. The second kappa shape index (κ2) is 10.1. The molecule has 2 aliphatic rings. The van der Waals surface area contributed by atoms with Crippen molar-refractivity contribution in [2.24, 2.45) is 0 Å². The molecule has 6 rings (SSSR count). The number of benzene rings is 2. The van der Waals surface area contributed by atoms with Crippen LogP contribution in [0.25, 0.3) is 16.7 Å². The number of nitrogens with zero attached hydrogens (tertiary/aromatic N) is 3. The largest absolute Gasteiger partial charge is 0.496 e. The van der Waals surface area contributed by atoms with Gasteiger partial charge in [-0.2, -0.15) is 4.98 Å². The maximum atomic E-state index is 12.6. The number of amides is 1. The van der Waals surface area contributed by atoms with Crippen LogP contribution >= 0.6 is 0 Å². The molecule has 0 saturated carbocycles. The van der Waals surface area contributed by atoms with Gasteiger partial charge < -0.3 is 23.9 Å². The Balaban J connectivity index is 1.30. The molecule has 0 bridgehead atoms. The molecule has 1 N–H and O–H groups in total. The SMILES string of the molecule is COc1cc(C(=O)NC2COC2)ccc1Cc1nc2c(c(OC(C)C)n1)C(c1ccc3nc(C)oc3c1)=CC2. The fraction of sp³-hybridized carbons (Fsp3) is 0.333. The topological polar surface area (TPSA) is 109 Å². The number of oxazole rings is 1. The van der Waals surface area contributed by atoms with Gasteiger partial charge in [-0.15, -0.1) is 0 Å². The van der Waals surface area contributed by atoms with Crippen molar-refractivity contribution >= 4 is 22.6 Å². The fourth-order valence-electron chi connectivity index (χ4n) is 4.90. The van der Waals surface area contributed by atoms with Gasteiger partial charge in [0.1, 0.15) is 17.1 Å². The van der Waals surface area contributed by atoms with E-state index >= 15 is 0 Å². The molecule has 0 spiro atoms. The van der Waals surface area contributed by atoms with Gasteiger partial charge in [0, 0.05) is 30.9 Å². The van der Waals surface area contributed by atoms with Crippen molar-refractivity contribution in [1.29, 1.82) is 0 Å². The van der Waals surface area contributed by atoms with E-state index in [-0.39, 0.29) is 18.1 Å². The summed E-state index contributed by atoms with van der Waals surface area (Å²) in [5.74, 6) is 2.28. The number of hydrogen-bond donors (Lipinski definition) is 1. The Morgan fingerprint density at radius 1 is 1.13 bits per heavy atom. The Kier molecular flexibility index (Phi) is 6.52. The highest BCUT2D eigenvalue weighted by Crippen LogP contribution is 2.39. The second-order valence-electron chi connectivity index (χ2n) is 10.1. The van der Waals surface area contributed by atoms with Gasteiger partial charge in [0.05, 0.1) is 43.7 Å². The van der Waals surface area contributed by atoms with Crippen LogP contribution < -0.4 is 14.8 Å². The zero-order chi connectivity index (χ0) is 27.1. The number of hydrogen-bond acceptors (Lipinski definition) is 8. The van der Waals surface area contributed by atoms with Crippen molar-refractivity contribution in [3.63, 3.8) is 0 Å². The maximum Gasteiger partial charge on any atom is 0.251 e. The highest BCUT2D eigenvalue weighted by Gasteiger charge is 2.26. The van der Waals surface area contributed by atoms with Gasteiger partial charge in [-0.3, -0.25) is 4.79 Å². The van der Waals surface area contributed by atoms with Gasteiger partial charge in [0.25, 0.3) is 5.91 Å². The first-order valence-corrected chi connectivity index (χ1v) is 13.1. The summed E-state index contributed by atoms with van der Waals surface area (Å²) in [6.45, 7) is 6.90. The summed E-state index contributed by atoms with van der Waals surface area (Å²) in [7, 11) is 1.60. The number of allylic oxidation sites excluding steroid dienone is 1. The standard InChI is InChI=1S/C30H30N4O5/c1-16(2)38-30-28-22(18-7-9-23-26(11-18)39-17(3)31-23)8-10-24(28)33-27(34-30)13-19-5-6-20(12-25(19)36-4)29(35)32-21-14-37-15-21/h5-9,11-12,16,21H,10,13-15H2,1-4H3,(H,32,35). The molecule has 1 fully saturated rings. The van der Waals surface area contributed by atoms with Crippen molar-refractivity contribution in [3.05, 3.63) is 82.1 Å². The molecule has 0 unspecified atom stereocenters. The summed E-state index contributed by atoms with van der Waals surface area (Å²) >= 11 is 0. The molecule has 9 heteroatoms. The summed E-state index contributed by atoms with van der Waals surface area (Å²) < 4.78 is 22.8. The highest BCUT2D eigenvalue weighted by atomic mass is 16.5. The van der Waals surface area contributed by atoms with Crippen molar-refractivity contribution in [2.45, 2.75) is 45.8 Å². The Bertz CT molecular complexity index is 1600. The molecule has 0 radical (unpaired) electrons. The number of ether oxygens (including phenoxy) is 3. The van der Waals surface area contributed by atoms with Crippen LogP contribution in [0.4, 0.5) is 0 Å². The lowest BCUT2D eigenvalue weighted by Gasteiger charge is -2.26. The van der Waals surface area contributed by atoms with Crippen molar-refractivity contribution < 1.29 is 23.4 Å². The van der Waals surface area contributed by atoms with Gasteiger partial charge in [0.15, 0.2) is 11.5 Å². The third-order valence-corrected chi connectivity index (χ3v) is 6.79. The molecule has 0 atom stereocenters. The average Bonchev–Trinajstić information content (AvgIpc) is 3.48. The van der Waals surface area contributed by atoms with Crippen LogP contribution in [-0.4, -0.2) is 53.3 Å². The molecule has 1 aliphatic heterocycles. The number of methoxy groups -OCH3 is 1. The Hall–Kier alpha value is -4.24. The maximum absolute atomic E-state index is 12.6. The predicted octanol–water partition coefficient (Wildman–Crippen LogP) is 4.43. The molecule has 9 nitrogen and oxygen atoms in total. The minimum absolute atomic E-state index is 0.0580. The van der Waals surface area contributed by atoms with Gasteiger partial charge in [0.2, 0.25) is 5.88 Å². The van der Waals surface area contributed by atoms with Gasteiger partial charge >= 0.3 is 0 Å². The molecule has 1 aliphatic carbocycles. The number of fused-ring (bicyclic) bond motifs is 2. The molecule has 39 heavy (non-hydrogen) atoms. The number of nitrogens with one attached hydrogen (secondary N) is 1. The summed E-state index contributed by atoms with van der Waals surface area (Å²) in [6, 6.07) is 11.5. The minimum Gasteiger partial charge on any atom is -0.496 e. The highest BCUT2D eigenvalue weighted by molar-refractivity contribution is 5.95. The molecule has 1 amide bonds. The third kappa shape index (κ3) is 4.97. The first-order valence-electron chi connectivity index (χ1n) is 13.1. The van der Waals surface area contributed by atoms with E-state index in [2.05, 4.69) is 16.4 Å². The Labute approximate surface area is 226 Å². The third-order valence-electron chi connectivity index (χ3n) is 6.79. The quantitative estimate of drug-likeness (QED) is 0.359. The van der Waals surface area contributed by atoms with Crippen molar-refractivity contribution in [2.75, 3.05) is 20.3 Å². The molecule has 4 aromatic rings. The molecular formula is C30H30N4O5. The van der Waals surface area contributed by atoms with E-state index in [0.29, 0.717) is 55.0 Å². The molecule has 1 saturated heterocycles. The lowest BCUT2D eigenvalue weighted by molar-refractivity contribution is -0.00346. The normalized spacial score (nSPS) is 14.7. The van der Waals surface area contributed by atoms with Crippen molar-refractivity contribution in [3.8, 4) is 11.6 Å². The Morgan fingerprint density at radius 2 is 1.97 bits per heavy atom. The molecule has 3 heterocycles. The average molecular weight is 527 g/mol. The molecular weight excluding hydrogens is 496 g/mol. The van der Waals surface area contributed by atoms with Crippen LogP contribution in [0.1, 0.15) is 58.3 Å². The minimum atomic E-state index is -0.146. The smallest absolute Gasteiger partial charge is 0.251 e. The van der Waals surface area contributed by atoms with E-state index in [1.54, 1.807) is 19.2 Å². The number of rotatable bonds is 8. The summed E-state index contributed by atoms with van der Waals surface area (Å²) in [5, 5.41) is 2.96. The second-order valence-corrected chi connectivity index (χ2v) is 10.1. The fourth-order valence-corrected chi connectivity index (χ4v) is 4.90. The summed E-state index contributed by atoms with van der Waals surface area (Å²) in [6.07, 6.45) is 3.19. The lowest BCUT2D eigenvalue weighted by atomic mass is 10.0. The first kappa shape index (κ1) is 25.1. The number of aromatic nitrogens is 3. The van der Waals surface area contributed by atoms with Crippen molar-refractivity contribution in [1.82, 2.24) is 20.3 Å². The van der Waals surface area contributed by atoms with Crippen LogP contribution in [0.3, 0.4) is 0 Å². The van der Waals surface area contributed by atoms with Crippen LogP contribution in [0.5, 0.6) is 11.6 Å². The lowest BCUT2D eigenvalue weighted by Crippen LogP contribution is -2.48. The Morgan fingerprint density at radius 3 is 2.72 bits per heavy atom. The van der Waals surface area contributed by atoms with Crippen LogP contribution in [0, 0.1) is 6.92 Å². The van der Waals surface area contributed by atoms with E-state index in [1.165, 1.54) is 0 Å². The predicted molar refractivity (Wildman–Crippen MR) is 145 cm³/mol. The van der Waals surface area contributed by atoms with Gasteiger partial charge in [-0.25, -0.2) is 9.97 Å². The molecule has 2 aromatic heterocycles. The van der Waals surface area contributed by atoms with Crippen LogP contribution in [0.15, 0.2) is 46.9 Å². The van der Waals surface area contributed by atoms with E-state index in [0.717, 1.165) is 39.1 Å². The van der Waals surface area contributed by atoms with E-state index < -0.39 is 0 Å². The van der Waals surface area contributed by atoms with E-state index in [9.17, 15) is 4.79 Å². The zero-order valence-electron chi connectivity index (χ0n) is 22.4. The van der Waals surface area contributed by atoms with E-state index in [4.69, 9.17) is 28.6 Å². The summed E-state index contributed by atoms with van der Waals surface area (Å²) in [4.78, 5) is 26.8. The van der Waals surface area contributed by atoms with E-state index in [1.807, 2.05) is 45.0 Å². The first-order chi connectivity index (χ1) is 18.9. The summed E-state index contributed by atoms with van der Waals surface area (Å²) in [5.41, 5.74) is 6.84. The van der Waals surface area contributed by atoms with Gasteiger partial charge in [-0.1, -0.05) is 18.2 Å². The number of carbonyl (C=O) groups is 1. The van der Waals surface area contributed by atoms with Crippen LogP contribution in [-0.2, 0) is 17.6 Å². The molecule has 200 valence electrons. The number of carbonyl (C=O) groups excluding carboxylic acids is 1. The zero-order valence-corrected chi connectivity index (χ0v) is 22.4. The van der Waals surface area contributed by atoms with Crippen LogP contribution in [0.2, 0.25) is 0 Å².